The number of rotatable bonds is 2. The van der Waals surface area contributed by atoms with E-state index in [1.165, 1.54) is 71.3 Å². The molecule has 0 radical (unpaired) electrons. The van der Waals surface area contributed by atoms with Crippen LogP contribution in [0, 0.1) is 11.8 Å². The van der Waals surface area contributed by atoms with Crippen molar-refractivity contribution in [2.75, 3.05) is 0 Å². The number of hydrogen-bond donors (Lipinski definition) is 0. The van der Waals surface area contributed by atoms with Crippen molar-refractivity contribution >= 4 is 48.9 Å². The molecule has 0 saturated heterocycles. The Morgan fingerprint density at radius 1 is 0.537 bits per heavy atom. The van der Waals surface area contributed by atoms with Crippen molar-refractivity contribution in [1.82, 2.24) is 4.57 Å². The lowest BCUT2D eigenvalue weighted by Gasteiger charge is -2.33. The zero-order chi connectivity index (χ0) is 26.9. The predicted molar refractivity (Wildman–Crippen MR) is 174 cm³/mol. The zero-order valence-electron chi connectivity index (χ0n) is 22.5. The molecule has 9 rings (SSSR count). The van der Waals surface area contributed by atoms with E-state index in [0.717, 1.165) is 0 Å². The van der Waals surface area contributed by atoms with Crippen LogP contribution in [-0.4, -0.2) is 4.57 Å². The first-order valence-electron chi connectivity index (χ1n) is 14.4. The minimum absolute atomic E-state index is 0.373. The van der Waals surface area contributed by atoms with Gasteiger partial charge in [0.25, 0.3) is 0 Å². The molecule has 0 spiro atoms. The quantitative estimate of drug-likeness (QED) is 0.214. The molecule has 0 fully saturated rings. The van der Waals surface area contributed by atoms with Crippen LogP contribution in [-0.2, 0) is 0 Å². The molecule has 1 nitrogen and oxygen atoms in total. The molecule has 41 heavy (non-hydrogen) atoms. The molecule has 6 aromatic rings. The van der Waals surface area contributed by atoms with Crippen molar-refractivity contribution in [3.8, 4) is 5.69 Å². The number of allylic oxidation sites excluding steroid dienone is 12. The molecule has 1 aromatic heterocycles. The standard InChI is InChI=1S/C40H27N/c1-2-10-28-23-31(21-19-26(28)9-1)41-38-16-8-7-15-35(38)40-37-25-30(18-17-27(37)20-22-39(40)41)36-24-29-11-3-4-12-32(29)33-13-5-6-14-34(33)36/h1-25,32-33H. The molecule has 0 amide bonds. The zero-order valence-corrected chi connectivity index (χ0v) is 22.5. The molecule has 1 heterocycles. The van der Waals surface area contributed by atoms with Gasteiger partial charge < -0.3 is 4.57 Å². The summed E-state index contributed by atoms with van der Waals surface area (Å²) in [7, 11) is 0. The third-order valence-corrected chi connectivity index (χ3v) is 9.13. The fraction of sp³-hybridized carbons (Fsp3) is 0.0500. The Morgan fingerprint density at radius 2 is 1.32 bits per heavy atom. The van der Waals surface area contributed by atoms with E-state index in [2.05, 4.69) is 156 Å². The van der Waals surface area contributed by atoms with E-state index >= 15 is 0 Å². The monoisotopic (exact) mass is 521 g/mol. The second-order valence-electron chi connectivity index (χ2n) is 11.3. The Labute approximate surface area is 239 Å². The third kappa shape index (κ3) is 3.36. The van der Waals surface area contributed by atoms with Crippen molar-refractivity contribution in [3.63, 3.8) is 0 Å². The second-order valence-corrected chi connectivity index (χ2v) is 11.3. The highest BCUT2D eigenvalue weighted by atomic mass is 15.0. The highest BCUT2D eigenvalue weighted by Crippen LogP contribution is 2.45. The molecular formula is C40H27N. The summed E-state index contributed by atoms with van der Waals surface area (Å²) in [5.74, 6) is 0.782. The predicted octanol–water partition coefficient (Wildman–Crippen LogP) is 10.3. The van der Waals surface area contributed by atoms with Gasteiger partial charge in [-0.05, 0) is 74.2 Å². The van der Waals surface area contributed by atoms with Crippen molar-refractivity contribution in [2.45, 2.75) is 0 Å². The summed E-state index contributed by atoms with van der Waals surface area (Å²) < 4.78 is 2.43. The number of fused-ring (bicyclic) bond motifs is 9. The number of para-hydroxylation sites is 1. The summed E-state index contributed by atoms with van der Waals surface area (Å²) >= 11 is 0. The number of nitrogens with zero attached hydrogens (tertiary/aromatic N) is 1. The molecule has 1 heteroatoms. The first kappa shape index (κ1) is 22.7. The van der Waals surface area contributed by atoms with E-state index in [1.807, 2.05) is 0 Å². The van der Waals surface area contributed by atoms with Gasteiger partial charge in [-0.25, -0.2) is 0 Å². The average Bonchev–Trinajstić information content (AvgIpc) is 3.39. The fourth-order valence-electron chi connectivity index (χ4n) is 7.23. The van der Waals surface area contributed by atoms with E-state index < -0.39 is 0 Å². The van der Waals surface area contributed by atoms with Crippen LogP contribution in [0.2, 0.25) is 0 Å². The summed E-state index contributed by atoms with van der Waals surface area (Å²) in [6, 6.07) is 35.9. The van der Waals surface area contributed by atoms with Gasteiger partial charge in [0.05, 0.1) is 11.0 Å². The van der Waals surface area contributed by atoms with E-state index in [9.17, 15) is 0 Å². The molecule has 2 atom stereocenters. The van der Waals surface area contributed by atoms with Crippen LogP contribution >= 0.6 is 0 Å². The fourth-order valence-corrected chi connectivity index (χ4v) is 7.23. The Bertz CT molecular complexity index is 2260. The van der Waals surface area contributed by atoms with Crippen molar-refractivity contribution in [2.24, 2.45) is 11.8 Å². The molecule has 5 aromatic carbocycles. The topological polar surface area (TPSA) is 4.93 Å². The van der Waals surface area contributed by atoms with Gasteiger partial charge in [-0.1, -0.05) is 121 Å². The largest absolute Gasteiger partial charge is 0.309 e. The minimum Gasteiger partial charge on any atom is -0.309 e. The van der Waals surface area contributed by atoms with Gasteiger partial charge in [0.1, 0.15) is 0 Å². The van der Waals surface area contributed by atoms with E-state index in [4.69, 9.17) is 0 Å². The maximum atomic E-state index is 2.43. The van der Waals surface area contributed by atoms with E-state index in [-0.39, 0.29) is 0 Å². The Hall–Kier alpha value is -5.14. The van der Waals surface area contributed by atoms with Crippen LogP contribution in [0.3, 0.4) is 0 Å². The van der Waals surface area contributed by atoms with Crippen LogP contribution in [0.5, 0.6) is 0 Å². The highest BCUT2D eigenvalue weighted by Gasteiger charge is 2.30. The van der Waals surface area contributed by atoms with Crippen molar-refractivity contribution in [1.29, 1.82) is 0 Å². The van der Waals surface area contributed by atoms with Crippen LogP contribution < -0.4 is 0 Å². The summed E-state index contributed by atoms with van der Waals surface area (Å²) in [6.07, 6.45) is 20.5. The lowest BCUT2D eigenvalue weighted by atomic mass is 9.70. The van der Waals surface area contributed by atoms with Gasteiger partial charge in [0.2, 0.25) is 0 Å². The van der Waals surface area contributed by atoms with Crippen LogP contribution in [0.15, 0.2) is 163 Å². The molecule has 3 aliphatic carbocycles. The van der Waals surface area contributed by atoms with Crippen molar-refractivity contribution < 1.29 is 0 Å². The Balaban J connectivity index is 1.32. The van der Waals surface area contributed by atoms with E-state index in [0.29, 0.717) is 11.8 Å². The number of hydrogen-bond acceptors (Lipinski definition) is 0. The molecule has 3 aliphatic rings. The summed E-state index contributed by atoms with van der Waals surface area (Å²) in [4.78, 5) is 0. The molecule has 2 unspecified atom stereocenters. The van der Waals surface area contributed by atoms with Crippen molar-refractivity contribution in [3.05, 3.63) is 168 Å². The highest BCUT2D eigenvalue weighted by molar-refractivity contribution is 6.21. The average molecular weight is 522 g/mol. The Morgan fingerprint density at radius 3 is 2.27 bits per heavy atom. The minimum atomic E-state index is 0.373. The van der Waals surface area contributed by atoms with Gasteiger partial charge in [0, 0.05) is 28.3 Å². The van der Waals surface area contributed by atoms with E-state index in [1.54, 1.807) is 0 Å². The molecule has 0 aliphatic heterocycles. The lowest BCUT2D eigenvalue weighted by Crippen LogP contribution is -2.21. The third-order valence-electron chi connectivity index (χ3n) is 9.13. The second kappa shape index (κ2) is 8.68. The molecule has 0 N–H and O–H groups in total. The van der Waals surface area contributed by atoms with Crippen LogP contribution in [0.1, 0.15) is 5.56 Å². The molecule has 192 valence electrons. The maximum absolute atomic E-state index is 2.43. The number of benzene rings is 5. The normalized spacial score (nSPS) is 19.4. The lowest BCUT2D eigenvalue weighted by molar-refractivity contribution is 0.618. The SMILES string of the molecule is C1=CC2=CC(c3ccc4ccc5c(c4c3)c3ccccc3n5-c3ccc4ccccc4c3)=C3C=CC=CC3C2C=C1. The summed E-state index contributed by atoms with van der Waals surface area (Å²) in [5.41, 5.74) is 9.08. The van der Waals surface area contributed by atoms with Gasteiger partial charge in [0.15, 0.2) is 0 Å². The summed E-state index contributed by atoms with van der Waals surface area (Å²) in [6.45, 7) is 0. The smallest absolute Gasteiger partial charge is 0.0547 e. The molecular weight excluding hydrogens is 494 g/mol. The van der Waals surface area contributed by atoms with Gasteiger partial charge in [-0.2, -0.15) is 0 Å². The van der Waals surface area contributed by atoms with Gasteiger partial charge in [-0.15, -0.1) is 0 Å². The van der Waals surface area contributed by atoms with Crippen LogP contribution in [0.25, 0.3) is 54.6 Å². The first-order valence-corrected chi connectivity index (χ1v) is 14.4. The van der Waals surface area contributed by atoms with Gasteiger partial charge in [-0.3, -0.25) is 0 Å². The first-order chi connectivity index (χ1) is 20.3. The Kier molecular flexibility index (Phi) is 4.80. The maximum Gasteiger partial charge on any atom is 0.0547 e. The number of aromatic nitrogens is 1. The van der Waals surface area contributed by atoms with Gasteiger partial charge >= 0.3 is 0 Å². The summed E-state index contributed by atoms with van der Waals surface area (Å²) in [5, 5.41) is 7.69. The molecule has 0 saturated carbocycles. The molecule has 0 bridgehead atoms. The van der Waals surface area contributed by atoms with Crippen LogP contribution in [0.4, 0.5) is 0 Å².